The van der Waals surface area contributed by atoms with Crippen LogP contribution in [0.15, 0.2) is 0 Å². The predicted molar refractivity (Wildman–Crippen MR) is 73.4 cm³/mol. The third-order valence-electron chi connectivity index (χ3n) is 2.79. The third kappa shape index (κ3) is 3.79. The van der Waals surface area contributed by atoms with Crippen molar-refractivity contribution >= 4 is 11.9 Å². The second kappa shape index (κ2) is 5.22. The summed E-state index contributed by atoms with van der Waals surface area (Å²) in [6.45, 7) is 11.0. The van der Waals surface area contributed by atoms with Gasteiger partial charge in [-0.15, -0.1) is 5.10 Å². The molecule has 0 aromatic carbocycles. The monoisotopic (exact) mass is 282 g/mol. The van der Waals surface area contributed by atoms with Crippen LogP contribution in [0.25, 0.3) is 0 Å². The van der Waals surface area contributed by atoms with Gasteiger partial charge >= 0.3 is 5.97 Å². The molecule has 3 N–H and O–H groups in total. The van der Waals surface area contributed by atoms with E-state index < -0.39 is 23.3 Å². The Labute approximate surface area is 118 Å². The van der Waals surface area contributed by atoms with Crippen LogP contribution in [0.5, 0.6) is 0 Å². The molecule has 1 aromatic rings. The number of hydrogen-bond acceptors (Lipinski definition) is 4. The van der Waals surface area contributed by atoms with E-state index in [1.165, 1.54) is 0 Å². The Hall–Kier alpha value is -1.92. The molecule has 0 aliphatic heterocycles. The van der Waals surface area contributed by atoms with Crippen LogP contribution in [0.1, 0.15) is 58.0 Å². The van der Waals surface area contributed by atoms with Crippen molar-refractivity contribution in [2.45, 2.75) is 53.0 Å². The number of amides is 1. The first-order valence-electron chi connectivity index (χ1n) is 6.39. The van der Waals surface area contributed by atoms with Gasteiger partial charge in [0.05, 0.1) is 0 Å². The minimum Gasteiger partial charge on any atom is -0.480 e. The van der Waals surface area contributed by atoms with Crippen LogP contribution in [0, 0.1) is 5.41 Å². The second-order valence-electron chi connectivity index (χ2n) is 6.87. The zero-order chi connectivity index (χ0) is 15.7. The molecule has 0 unspecified atom stereocenters. The van der Waals surface area contributed by atoms with Gasteiger partial charge in [0.1, 0.15) is 11.9 Å². The van der Waals surface area contributed by atoms with Crippen molar-refractivity contribution in [2.75, 3.05) is 0 Å². The number of hydrogen-bond donors (Lipinski definition) is 3. The maximum absolute atomic E-state index is 12.0. The number of nitrogens with zero attached hydrogens (tertiary/aromatic N) is 2. The molecule has 0 bridgehead atoms. The van der Waals surface area contributed by atoms with E-state index in [1.807, 2.05) is 20.8 Å². The molecule has 7 heteroatoms. The van der Waals surface area contributed by atoms with Gasteiger partial charge in [0.2, 0.25) is 5.82 Å². The largest absolute Gasteiger partial charge is 0.480 e. The lowest BCUT2D eigenvalue weighted by molar-refractivity contribution is -0.142. The summed E-state index contributed by atoms with van der Waals surface area (Å²) in [4.78, 5) is 27.3. The molecule has 0 saturated carbocycles. The number of nitrogens with one attached hydrogen (secondary N) is 2. The summed E-state index contributed by atoms with van der Waals surface area (Å²) in [5.41, 5.74) is -0.869. The number of carbonyl (C=O) groups is 2. The summed E-state index contributed by atoms with van der Waals surface area (Å²) < 4.78 is 0. The van der Waals surface area contributed by atoms with Gasteiger partial charge in [0.25, 0.3) is 5.91 Å². The van der Waals surface area contributed by atoms with Crippen LogP contribution in [-0.2, 0) is 10.2 Å². The highest BCUT2D eigenvalue weighted by atomic mass is 16.4. The van der Waals surface area contributed by atoms with Crippen LogP contribution in [0.3, 0.4) is 0 Å². The van der Waals surface area contributed by atoms with Crippen molar-refractivity contribution in [3.05, 3.63) is 11.6 Å². The predicted octanol–water partition coefficient (Wildman–Crippen LogP) is 1.33. The summed E-state index contributed by atoms with van der Waals surface area (Å²) >= 11 is 0. The van der Waals surface area contributed by atoms with Crippen LogP contribution in [-0.4, -0.2) is 38.2 Å². The molecular formula is C13H22N4O3. The van der Waals surface area contributed by atoms with Crippen molar-refractivity contribution in [1.29, 1.82) is 0 Å². The van der Waals surface area contributed by atoms with Crippen LogP contribution >= 0.6 is 0 Å². The van der Waals surface area contributed by atoms with Crippen LogP contribution < -0.4 is 5.32 Å². The molecule has 1 aromatic heterocycles. The summed E-state index contributed by atoms with van der Waals surface area (Å²) in [6, 6.07) is -1.01. The molecule has 0 aliphatic rings. The number of aliphatic carboxylic acids is 1. The Balaban J connectivity index is 2.91. The van der Waals surface area contributed by atoms with E-state index in [9.17, 15) is 14.7 Å². The van der Waals surface area contributed by atoms with Crippen LogP contribution in [0.4, 0.5) is 0 Å². The topological polar surface area (TPSA) is 108 Å². The van der Waals surface area contributed by atoms with E-state index >= 15 is 0 Å². The highest BCUT2D eigenvalue weighted by molar-refractivity contribution is 5.93. The van der Waals surface area contributed by atoms with Gasteiger partial charge < -0.3 is 10.4 Å². The Morgan fingerprint density at radius 2 is 1.75 bits per heavy atom. The van der Waals surface area contributed by atoms with Gasteiger partial charge in [-0.3, -0.25) is 9.89 Å². The zero-order valence-electron chi connectivity index (χ0n) is 12.7. The SMILES string of the molecule is CC(C)(C)c1nc(C(=O)N[C@H](C(=O)O)C(C)(C)C)n[nH]1. The van der Waals surface area contributed by atoms with E-state index in [1.54, 1.807) is 20.8 Å². The molecule has 0 fully saturated rings. The number of rotatable bonds is 3. The van der Waals surface area contributed by atoms with E-state index in [2.05, 4.69) is 20.5 Å². The maximum atomic E-state index is 12.0. The minimum atomic E-state index is -1.09. The van der Waals surface area contributed by atoms with E-state index in [-0.39, 0.29) is 11.2 Å². The van der Waals surface area contributed by atoms with E-state index in [0.29, 0.717) is 5.82 Å². The lowest BCUT2D eigenvalue weighted by Crippen LogP contribution is -2.49. The Morgan fingerprint density at radius 1 is 1.20 bits per heavy atom. The highest BCUT2D eigenvalue weighted by Gasteiger charge is 2.34. The molecule has 0 aliphatic carbocycles. The number of aromatic nitrogens is 3. The molecule has 112 valence electrons. The standard InChI is InChI=1S/C13H22N4O3/c1-12(2,3)7(10(19)20)14-9(18)8-15-11(17-16-8)13(4,5)6/h7H,1-6H3,(H,14,18)(H,19,20)(H,15,16,17)/t7-/m1/s1. The first kappa shape index (κ1) is 16.1. The lowest BCUT2D eigenvalue weighted by Gasteiger charge is -2.27. The maximum Gasteiger partial charge on any atom is 0.326 e. The fraction of sp³-hybridized carbons (Fsp3) is 0.692. The van der Waals surface area contributed by atoms with Crippen molar-refractivity contribution in [3.8, 4) is 0 Å². The molecule has 20 heavy (non-hydrogen) atoms. The fourth-order valence-electron chi connectivity index (χ4n) is 1.54. The summed E-state index contributed by atoms with van der Waals surface area (Å²) in [6.07, 6.45) is 0. The smallest absolute Gasteiger partial charge is 0.326 e. The highest BCUT2D eigenvalue weighted by Crippen LogP contribution is 2.20. The molecule has 1 atom stereocenters. The molecule has 0 spiro atoms. The average molecular weight is 282 g/mol. The molecule has 1 amide bonds. The molecule has 0 saturated heterocycles. The second-order valence-corrected chi connectivity index (χ2v) is 6.87. The fourth-order valence-corrected chi connectivity index (χ4v) is 1.54. The number of carboxylic acid groups (broad SMARTS) is 1. The first-order chi connectivity index (χ1) is 8.93. The quantitative estimate of drug-likeness (QED) is 0.775. The normalized spacial score (nSPS) is 13.9. The lowest BCUT2D eigenvalue weighted by atomic mass is 9.87. The number of carbonyl (C=O) groups excluding carboxylic acids is 1. The van der Waals surface area contributed by atoms with E-state index in [4.69, 9.17) is 0 Å². The van der Waals surface area contributed by atoms with Crippen molar-refractivity contribution in [2.24, 2.45) is 5.41 Å². The zero-order valence-corrected chi connectivity index (χ0v) is 12.7. The molecular weight excluding hydrogens is 260 g/mol. The Morgan fingerprint density at radius 3 is 2.10 bits per heavy atom. The molecule has 1 rings (SSSR count). The Kier molecular flexibility index (Phi) is 4.21. The van der Waals surface area contributed by atoms with Crippen molar-refractivity contribution in [1.82, 2.24) is 20.5 Å². The van der Waals surface area contributed by atoms with Gasteiger partial charge in [0, 0.05) is 5.41 Å². The Bertz CT molecular complexity index is 508. The van der Waals surface area contributed by atoms with Gasteiger partial charge in [-0.25, -0.2) is 9.78 Å². The minimum absolute atomic E-state index is 0.0505. The van der Waals surface area contributed by atoms with Crippen molar-refractivity contribution < 1.29 is 14.7 Å². The van der Waals surface area contributed by atoms with Crippen LogP contribution in [0.2, 0.25) is 0 Å². The van der Waals surface area contributed by atoms with Crippen molar-refractivity contribution in [3.63, 3.8) is 0 Å². The number of H-pyrrole nitrogens is 1. The third-order valence-corrected chi connectivity index (χ3v) is 2.79. The number of carboxylic acids is 1. The molecule has 1 heterocycles. The van der Waals surface area contributed by atoms with E-state index in [0.717, 1.165) is 0 Å². The average Bonchev–Trinajstić information content (AvgIpc) is 2.71. The number of aromatic amines is 1. The first-order valence-corrected chi connectivity index (χ1v) is 6.39. The van der Waals surface area contributed by atoms with Gasteiger partial charge in [0.15, 0.2) is 0 Å². The molecule has 7 nitrogen and oxygen atoms in total. The summed E-state index contributed by atoms with van der Waals surface area (Å²) in [5.74, 6) is -1.16. The summed E-state index contributed by atoms with van der Waals surface area (Å²) in [7, 11) is 0. The molecule has 0 radical (unpaired) electrons. The van der Waals surface area contributed by atoms with Gasteiger partial charge in [-0.2, -0.15) is 0 Å². The van der Waals surface area contributed by atoms with Gasteiger partial charge in [-0.1, -0.05) is 41.5 Å². The van der Waals surface area contributed by atoms with Gasteiger partial charge in [-0.05, 0) is 5.41 Å². The summed E-state index contributed by atoms with van der Waals surface area (Å²) in [5, 5.41) is 18.2.